The zero-order valence-corrected chi connectivity index (χ0v) is 15.5. The van der Waals surface area contributed by atoms with Crippen LogP contribution >= 0.6 is 11.3 Å². The highest BCUT2D eigenvalue weighted by Crippen LogP contribution is 2.34. The molecule has 5 rings (SSSR count). The summed E-state index contributed by atoms with van der Waals surface area (Å²) < 4.78 is 0. The number of allylic oxidation sites excluding steroid dienone is 3. The van der Waals surface area contributed by atoms with Crippen molar-refractivity contribution in [3.63, 3.8) is 0 Å². The van der Waals surface area contributed by atoms with Crippen molar-refractivity contribution < 1.29 is 4.79 Å². The number of nitrogens with one attached hydrogen (secondary N) is 1. The third kappa shape index (κ3) is 2.66. The Labute approximate surface area is 156 Å². The first kappa shape index (κ1) is 16.1. The number of rotatable bonds is 3. The van der Waals surface area contributed by atoms with Crippen LogP contribution in [-0.4, -0.2) is 52.4 Å². The molecule has 3 aliphatic heterocycles. The monoisotopic (exact) mass is 367 g/mol. The van der Waals surface area contributed by atoms with Crippen LogP contribution < -0.4 is 5.32 Å². The lowest BCUT2D eigenvalue weighted by Gasteiger charge is -2.36. The number of carbonyl (C=O) groups is 1. The number of hydrogen-bond donors (Lipinski definition) is 1. The third-order valence-electron chi connectivity index (χ3n) is 6.00. The van der Waals surface area contributed by atoms with E-state index < -0.39 is 0 Å². The van der Waals surface area contributed by atoms with Crippen LogP contribution in [0.25, 0.3) is 5.57 Å². The van der Waals surface area contributed by atoms with Crippen molar-refractivity contribution in [1.82, 2.24) is 15.2 Å². The first-order chi connectivity index (χ1) is 12.7. The van der Waals surface area contributed by atoms with Gasteiger partial charge >= 0.3 is 0 Å². The molecule has 134 valence electrons. The van der Waals surface area contributed by atoms with Gasteiger partial charge in [0.25, 0.3) is 5.91 Å². The minimum absolute atomic E-state index is 0.0879. The molecule has 0 spiro atoms. The Hall–Kier alpha value is -2.12. The second-order valence-corrected chi connectivity index (χ2v) is 8.37. The number of aromatic nitrogens is 1. The van der Waals surface area contributed by atoms with Crippen LogP contribution in [0.1, 0.15) is 37.1 Å². The fraction of sp³-hybridized carbons (Fsp3) is 0.474. The second kappa shape index (κ2) is 6.25. The van der Waals surface area contributed by atoms with Crippen molar-refractivity contribution in [1.29, 1.82) is 0 Å². The molecule has 26 heavy (non-hydrogen) atoms. The second-order valence-electron chi connectivity index (χ2n) is 7.47. The number of hydrogen-bond acceptors (Lipinski definition) is 6. The summed E-state index contributed by atoms with van der Waals surface area (Å²) in [6.07, 6.45) is 11.0. The molecule has 1 aromatic rings. The number of nitrogens with zero attached hydrogens (tertiary/aromatic N) is 4. The van der Waals surface area contributed by atoms with E-state index in [0.717, 1.165) is 34.7 Å². The van der Waals surface area contributed by atoms with Crippen LogP contribution in [-0.2, 0) is 4.79 Å². The maximum absolute atomic E-state index is 12.8. The summed E-state index contributed by atoms with van der Waals surface area (Å²) in [7, 11) is 2.21. The number of piperidine rings is 1. The number of thiazole rings is 1. The molecular formula is C19H21N5OS. The molecule has 7 heteroatoms. The highest BCUT2D eigenvalue weighted by atomic mass is 32.1. The predicted octanol–water partition coefficient (Wildman–Crippen LogP) is 2.41. The Bertz CT molecular complexity index is 853. The van der Waals surface area contributed by atoms with E-state index in [1.54, 1.807) is 17.5 Å². The Morgan fingerprint density at radius 3 is 2.77 bits per heavy atom. The van der Waals surface area contributed by atoms with Gasteiger partial charge in [-0.05, 0) is 38.3 Å². The quantitative estimate of drug-likeness (QED) is 0.892. The summed E-state index contributed by atoms with van der Waals surface area (Å²) in [6, 6.07) is 1.46. The average molecular weight is 367 g/mol. The Kier molecular flexibility index (Phi) is 3.86. The van der Waals surface area contributed by atoms with Gasteiger partial charge in [-0.25, -0.2) is 4.98 Å². The molecule has 2 atom stereocenters. The fourth-order valence-corrected chi connectivity index (χ4v) is 5.23. The molecule has 0 aromatic carbocycles. The van der Waals surface area contributed by atoms with E-state index in [2.05, 4.69) is 32.5 Å². The summed E-state index contributed by atoms with van der Waals surface area (Å²) in [4.78, 5) is 19.6. The van der Waals surface area contributed by atoms with E-state index in [9.17, 15) is 4.79 Å². The zero-order chi connectivity index (χ0) is 17.7. The Balaban J connectivity index is 1.29. The average Bonchev–Trinajstić information content (AvgIpc) is 3.34. The Morgan fingerprint density at radius 2 is 2.04 bits per heavy atom. The van der Waals surface area contributed by atoms with Crippen molar-refractivity contribution >= 4 is 34.2 Å². The van der Waals surface area contributed by atoms with Crippen LogP contribution in [0.5, 0.6) is 0 Å². The van der Waals surface area contributed by atoms with Gasteiger partial charge in [0.2, 0.25) is 0 Å². The van der Waals surface area contributed by atoms with E-state index in [-0.39, 0.29) is 11.9 Å². The summed E-state index contributed by atoms with van der Waals surface area (Å²) in [5.41, 5.74) is 3.32. The lowest BCUT2D eigenvalue weighted by molar-refractivity contribution is -0.115. The van der Waals surface area contributed by atoms with Crippen molar-refractivity contribution in [3.8, 4) is 0 Å². The third-order valence-corrected chi connectivity index (χ3v) is 6.85. The van der Waals surface area contributed by atoms with Crippen LogP contribution in [0.3, 0.4) is 0 Å². The van der Waals surface area contributed by atoms with E-state index in [1.807, 2.05) is 17.5 Å². The van der Waals surface area contributed by atoms with Crippen molar-refractivity contribution in [2.24, 2.45) is 10.2 Å². The van der Waals surface area contributed by atoms with Gasteiger partial charge < -0.3 is 10.2 Å². The van der Waals surface area contributed by atoms with Crippen LogP contribution in [0, 0.1) is 0 Å². The lowest BCUT2D eigenvalue weighted by Crippen LogP contribution is -2.50. The summed E-state index contributed by atoms with van der Waals surface area (Å²) in [6.45, 7) is 0. The van der Waals surface area contributed by atoms with E-state index >= 15 is 0 Å². The minimum atomic E-state index is -0.0879. The van der Waals surface area contributed by atoms with Crippen LogP contribution in [0.15, 0.2) is 39.5 Å². The van der Waals surface area contributed by atoms with Gasteiger partial charge in [-0.3, -0.25) is 4.79 Å². The predicted molar refractivity (Wildman–Crippen MR) is 103 cm³/mol. The van der Waals surface area contributed by atoms with Crippen molar-refractivity contribution in [2.75, 3.05) is 7.05 Å². The number of fused-ring (bicyclic) bond motifs is 3. The Morgan fingerprint density at radius 1 is 1.23 bits per heavy atom. The van der Waals surface area contributed by atoms with E-state index in [4.69, 9.17) is 0 Å². The van der Waals surface area contributed by atoms with E-state index in [0.29, 0.717) is 24.2 Å². The lowest BCUT2D eigenvalue weighted by atomic mass is 9.93. The molecule has 1 aliphatic carbocycles. The minimum Gasteiger partial charge on any atom is -0.348 e. The molecule has 1 aromatic heterocycles. The molecule has 6 nitrogen and oxygen atoms in total. The van der Waals surface area contributed by atoms with Gasteiger partial charge in [-0.2, -0.15) is 5.10 Å². The molecule has 2 fully saturated rings. The van der Waals surface area contributed by atoms with E-state index in [1.165, 1.54) is 12.8 Å². The van der Waals surface area contributed by atoms with Gasteiger partial charge in [0.15, 0.2) is 5.71 Å². The first-order valence-corrected chi connectivity index (χ1v) is 10.1. The van der Waals surface area contributed by atoms with Crippen molar-refractivity contribution in [3.05, 3.63) is 34.3 Å². The smallest absolute Gasteiger partial charge is 0.272 e. The van der Waals surface area contributed by atoms with Gasteiger partial charge in [0, 0.05) is 41.7 Å². The normalized spacial score (nSPS) is 30.3. The topological polar surface area (TPSA) is 70.0 Å². The molecule has 4 aliphatic rings. The zero-order valence-electron chi connectivity index (χ0n) is 14.7. The molecule has 0 saturated carbocycles. The van der Waals surface area contributed by atoms with Crippen LogP contribution in [0.2, 0.25) is 0 Å². The highest BCUT2D eigenvalue weighted by Gasteiger charge is 2.39. The van der Waals surface area contributed by atoms with Gasteiger partial charge in [-0.15, -0.1) is 16.4 Å². The largest absolute Gasteiger partial charge is 0.348 e. The van der Waals surface area contributed by atoms with Gasteiger partial charge in [0.05, 0.1) is 5.71 Å². The molecule has 2 bridgehead atoms. The first-order valence-electron chi connectivity index (χ1n) is 9.18. The van der Waals surface area contributed by atoms with Crippen LogP contribution in [0.4, 0.5) is 0 Å². The highest BCUT2D eigenvalue weighted by molar-refractivity contribution is 7.10. The summed E-state index contributed by atoms with van der Waals surface area (Å²) in [5, 5.41) is 14.6. The molecule has 4 heterocycles. The molecule has 1 amide bonds. The molecule has 2 saturated heterocycles. The molecule has 0 radical (unpaired) electrons. The maximum atomic E-state index is 12.8. The maximum Gasteiger partial charge on any atom is 0.272 e. The van der Waals surface area contributed by atoms with Gasteiger partial charge in [-0.1, -0.05) is 12.2 Å². The molecule has 2 unspecified atom stereocenters. The summed E-state index contributed by atoms with van der Waals surface area (Å²) >= 11 is 1.62. The number of carbonyl (C=O) groups excluding carboxylic acids is 1. The van der Waals surface area contributed by atoms with Crippen molar-refractivity contribution in [2.45, 2.75) is 50.2 Å². The fourth-order valence-electron chi connectivity index (χ4n) is 4.56. The standard InChI is InChI=1S/C19H21N5OS/c1-24-13-3-4-14(24)10-12(9-13)21-18(25)17-15-5-2-11(8-16(15)22-23-17)19-20-6-7-26-19/h2,5-7,12-14H,3-4,8-10H2,1H3,(H,21,25). The number of amides is 1. The molecular weight excluding hydrogens is 346 g/mol. The van der Waals surface area contributed by atoms with Gasteiger partial charge in [0.1, 0.15) is 5.01 Å². The molecule has 1 N–H and O–H groups in total. The SMILES string of the molecule is CN1C2CCC1CC(NC(=O)C1=NN=C3CC(c4nccs4)=CC=C31)C2. The summed E-state index contributed by atoms with van der Waals surface area (Å²) in [5.74, 6) is -0.0879.